The van der Waals surface area contributed by atoms with E-state index < -0.39 is 0 Å². The zero-order chi connectivity index (χ0) is 15.5. The number of hydrogen-bond acceptors (Lipinski definition) is 5. The summed E-state index contributed by atoms with van der Waals surface area (Å²) in [4.78, 5) is 18.7. The summed E-state index contributed by atoms with van der Waals surface area (Å²) in [5.74, 6) is 2.15. The Labute approximate surface area is 146 Å². The number of rotatable bonds is 4. The van der Waals surface area contributed by atoms with Crippen molar-refractivity contribution in [2.24, 2.45) is 5.92 Å². The fourth-order valence-corrected chi connectivity index (χ4v) is 4.84. The second-order valence-corrected chi connectivity index (χ2v) is 8.31. The SMILES string of the molecule is Cc1csc(SCC2CCN(C(=O)c3ccc(Br)o3)CC2)n1. The van der Waals surface area contributed by atoms with Crippen molar-refractivity contribution in [3.8, 4) is 0 Å². The van der Waals surface area contributed by atoms with Crippen LogP contribution in [0.25, 0.3) is 0 Å². The third kappa shape index (κ3) is 3.94. The Morgan fingerprint density at radius 3 is 2.86 bits per heavy atom. The molecule has 1 saturated heterocycles. The van der Waals surface area contributed by atoms with E-state index in [9.17, 15) is 4.79 Å². The Balaban J connectivity index is 1.47. The first-order valence-corrected chi connectivity index (χ1v) is 9.87. The number of thioether (sulfide) groups is 1. The van der Waals surface area contributed by atoms with Gasteiger partial charge in [-0.1, -0.05) is 11.8 Å². The summed E-state index contributed by atoms with van der Waals surface area (Å²) in [7, 11) is 0. The molecule has 7 heteroatoms. The van der Waals surface area contributed by atoms with Gasteiger partial charge in [0, 0.05) is 29.9 Å². The number of amides is 1. The molecule has 1 aliphatic rings. The lowest BCUT2D eigenvalue weighted by atomic mass is 9.99. The molecule has 118 valence electrons. The van der Waals surface area contributed by atoms with Gasteiger partial charge in [-0.25, -0.2) is 4.98 Å². The smallest absolute Gasteiger partial charge is 0.289 e. The van der Waals surface area contributed by atoms with Gasteiger partial charge in [0.25, 0.3) is 5.91 Å². The van der Waals surface area contributed by atoms with Gasteiger partial charge in [-0.3, -0.25) is 4.79 Å². The highest BCUT2D eigenvalue weighted by atomic mass is 79.9. The van der Waals surface area contributed by atoms with Crippen LogP contribution in [0, 0.1) is 12.8 Å². The first-order valence-electron chi connectivity index (χ1n) is 7.21. The molecule has 0 aliphatic carbocycles. The first kappa shape index (κ1) is 16.1. The number of halogens is 1. The fourth-order valence-electron chi connectivity index (χ4n) is 2.48. The van der Waals surface area contributed by atoms with E-state index >= 15 is 0 Å². The van der Waals surface area contributed by atoms with Crippen LogP contribution in [0.4, 0.5) is 0 Å². The van der Waals surface area contributed by atoms with E-state index in [0.29, 0.717) is 16.3 Å². The van der Waals surface area contributed by atoms with Crippen molar-refractivity contribution in [2.75, 3.05) is 18.8 Å². The highest BCUT2D eigenvalue weighted by Gasteiger charge is 2.25. The third-order valence-electron chi connectivity index (χ3n) is 3.73. The summed E-state index contributed by atoms with van der Waals surface area (Å²) in [5, 5.41) is 2.09. The molecule has 0 radical (unpaired) electrons. The second-order valence-electron chi connectivity index (χ2n) is 5.41. The maximum Gasteiger partial charge on any atom is 0.289 e. The number of hydrogen-bond donors (Lipinski definition) is 0. The molecule has 3 rings (SSSR count). The average Bonchev–Trinajstić information content (AvgIpc) is 3.13. The van der Waals surface area contributed by atoms with Crippen LogP contribution in [0.2, 0.25) is 0 Å². The molecule has 0 spiro atoms. The molecule has 2 aromatic rings. The van der Waals surface area contributed by atoms with Gasteiger partial charge in [0.1, 0.15) is 4.34 Å². The predicted octanol–water partition coefficient (Wildman–Crippen LogP) is 4.45. The normalized spacial score (nSPS) is 16.2. The third-order valence-corrected chi connectivity index (χ3v) is 6.52. The van der Waals surface area contributed by atoms with Gasteiger partial charge in [-0.05, 0) is 53.7 Å². The molecule has 4 nitrogen and oxygen atoms in total. The fraction of sp³-hybridized carbons (Fsp3) is 0.467. The molecular formula is C15H17BrN2O2S2. The average molecular weight is 401 g/mol. The van der Waals surface area contributed by atoms with Crippen LogP contribution >= 0.6 is 39.0 Å². The van der Waals surface area contributed by atoms with Crippen molar-refractivity contribution in [1.29, 1.82) is 0 Å². The van der Waals surface area contributed by atoms with Crippen molar-refractivity contribution in [2.45, 2.75) is 24.1 Å². The molecule has 0 bridgehead atoms. The number of thiazole rings is 1. The molecule has 0 aromatic carbocycles. The predicted molar refractivity (Wildman–Crippen MR) is 92.6 cm³/mol. The van der Waals surface area contributed by atoms with Crippen LogP contribution in [-0.4, -0.2) is 34.6 Å². The van der Waals surface area contributed by atoms with E-state index in [-0.39, 0.29) is 5.91 Å². The molecule has 1 aliphatic heterocycles. The first-order chi connectivity index (χ1) is 10.6. The van der Waals surface area contributed by atoms with Crippen LogP contribution in [0.1, 0.15) is 29.1 Å². The quantitative estimate of drug-likeness (QED) is 0.711. The standard InChI is InChI=1S/C15H17BrN2O2S2/c1-10-8-21-15(17-10)22-9-11-4-6-18(7-5-11)14(19)12-2-3-13(16)20-12/h2-3,8,11H,4-7,9H2,1H3. The largest absolute Gasteiger partial charge is 0.444 e. The summed E-state index contributed by atoms with van der Waals surface area (Å²) in [6.07, 6.45) is 2.09. The van der Waals surface area contributed by atoms with E-state index in [2.05, 4.69) is 26.3 Å². The second kappa shape index (κ2) is 7.19. The van der Waals surface area contributed by atoms with Gasteiger partial charge in [0.05, 0.1) is 0 Å². The Morgan fingerprint density at radius 1 is 1.50 bits per heavy atom. The number of aryl methyl sites for hydroxylation is 1. The summed E-state index contributed by atoms with van der Waals surface area (Å²) < 4.78 is 7.09. The number of likely N-dealkylation sites (tertiary alicyclic amines) is 1. The van der Waals surface area contributed by atoms with Crippen LogP contribution in [0.3, 0.4) is 0 Å². The van der Waals surface area contributed by atoms with Gasteiger partial charge < -0.3 is 9.32 Å². The molecule has 0 atom stereocenters. The van der Waals surface area contributed by atoms with E-state index in [4.69, 9.17) is 4.42 Å². The zero-order valence-corrected chi connectivity index (χ0v) is 15.5. The maximum atomic E-state index is 12.3. The molecule has 0 N–H and O–H groups in total. The topological polar surface area (TPSA) is 46.3 Å². The Hall–Kier alpha value is -0.790. The minimum atomic E-state index is -0.00708. The Bertz CT molecular complexity index is 648. The van der Waals surface area contributed by atoms with Gasteiger partial charge in [-0.15, -0.1) is 11.3 Å². The lowest BCUT2D eigenvalue weighted by Gasteiger charge is -2.31. The number of piperidine rings is 1. The van der Waals surface area contributed by atoms with Crippen LogP contribution in [0.15, 0.2) is 30.9 Å². The summed E-state index contributed by atoms with van der Waals surface area (Å²) >= 11 is 6.78. The molecule has 0 saturated carbocycles. The van der Waals surface area contributed by atoms with E-state index in [0.717, 1.165) is 41.7 Å². The van der Waals surface area contributed by atoms with Gasteiger partial charge in [0.15, 0.2) is 10.4 Å². The van der Waals surface area contributed by atoms with Crippen molar-refractivity contribution < 1.29 is 9.21 Å². The molecular weight excluding hydrogens is 384 g/mol. The molecule has 0 unspecified atom stereocenters. The van der Waals surface area contributed by atoms with E-state index in [1.165, 1.54) is 0 Å². The maximum absolute atomic E-state index is 12.3. The van der Waals surface area contributed by atoms with Crippen molar-refractivity contribution >= 4 is 44.9 Å². The minimum Gasteiger partial charge on any atom is -0.444 e. The molecule has 2 aromatic heterocycles. The summed E-state index contributed by atoms with van der Waals surface area (Å²) in [6.45, 7) is 3.64. The monoisotopic (exact) mass is 400 g/mol. The zero-order valence-electron chi connectivity index (χ0n) is 12.3. The Kier molecular flexibility index (Phi) is 5.25. The van der Waals surface area contributed by atoms with Gasteiger partial charge >= 0.3 is 0 Å². The number of aromatic nitrogens is 1. The minimum absolute atomic E-state index is 0.00708. The lowest BCUT2D eigenvalue weighted by molar-refractivity contribution is 0.0665. The van der Waals surface area contributed by atoms with Crippen LogP contribution in [-0.2, 0) is 0 Å². The van der Waals surface area contributed by atoms with Gasteiger partial charge in [-0.2, -0.15) is 0 Å². The van der Waals surface area contributed by atoms with Crippen molar-refractivity contribution in [3.05, 3.63) is 33.6 Å². The van der Waals surface area contributed by atoms with Crippen molar-refractivity contribution in [3.63, 3.8) is 0 Å². The Morgan fingerprint density at radius 2 is 2.27 bits per heavy atom. The summed E-state index contributed by atoms with van der Waals surface area (Å²) in [5.41, 5.74) is 1.09. The highest BCUT2D eigenvalue weighted by Crippen LogP contribution is 2.29. The highest BCUT2D eigenvalue weighted by molar-refractivity contribution is 9.10. The number of furan rings is 1. The summed E-state index contributed by atoms with van der Waals surface area (Å²) in [6, 6.07) is 3.48. The number of carbonyl (C=O) groups excluding carboxylic acids is 1. The van der Waals surface area contributed by atoms with Crippen LogP contribution < -0.4 is 0 Å². The van der Waals surface area contributed by atoms with Crippen molar-refractivity contribution in [1.82, 2.24) is 9.88 Å². The number of nitrogens with zero attached hydrogens (tertiary/aromatic N) is 2. The lowest BCUT2D eigenvalue weighted by Crippen LogP contribution is -2.38. The van der Waals surface area contributed by atoms with Crippen LogP contribution in [0.5, 0.6) is 0 Å². The van der Waals surface area contributed by atoms with Gasteiger partial charge in [0.2, 0.25) is 0 Å². The molecule has 22 heavy (non-hydrogen) atoms. The molecule has 1 fully saturated rings. The van der Waals surface area contributed by atoms with E-state index in [1.54, 1.807) is 23.5 Å². The molecule has 3 heterocycles. The van der Waals surface area contributed by atoms with E-state index in [1.807, 2.05) is 23.6 Å². The number of carbonyl (C=O) groups is 1. The molecule has 1 amide bonds.